The zero-order valence-electron chi connectivity index (χ0n) is 15.1. The molecule has 0 saturated heterocycles. The molecule has 28 heavy (non-hydrogen) atoms. The van der Waals surface area contributed by atoms with E-state index < -0.39 is 0 Å². The van der Waals surface area contributed by atoms with Gasteiger partial charge in [-0.15, -0.1) is 11.3 Å². The van der Waals surface area contributed by atoms with E-state index in [4.69, 9.17) is 0 Å². The first kappa shape index (κ1) is 17.9. The Kier molecular flexibility index (Phi) is 5.44. The quantitative estimate of drug-likeness (QED) is 0.515. The predicted octanol–water partition coefficient (Wildman–Crippen LogP) is 4.36. The van der Waals surface area contributed by atoms with Crippen LogP contribution in [0.5, 0.6) is 0 Å². The number of benzene rings is 2. The van der Waals surface area contributed by atoms with Crippen LogP contribution in [0.4, 0.5) is 9.93 Å². The molecule has 2 heterocycles. The Labute approximate surface area is 166 Å². The Hall–Kier alpha value is -3.45. The fraction of sp³-hybridized carbons (Fsp3) is 0.0952. The Morgan fingerprint density at radius 1 is 1.04 bits per heavy atom. The number of nitrogens with one attached hydrogen (secondary N) is 2. The molecule has 0 spiro atoms. The summed E-state index contributed by atoms with van der Waals surface area (Å²) >= 11 is 1.41. The van der Waals surface area contributed by atoms with Gasteiger partial charge in [-0.3, -0.25) is 5.32 Å². The minimum Gasteiger partial charge on any atom is -0.337 e. The van der Waals surface area contributed by atoms with Gasteiger partial charge in [-0.2, -0.15) is 5.10 Å². The number of aromatic nitrogens is 3. The first-order valence-electron chi connectivity index (χ1n) is 8.93. The summed E-state index contributed by atoms with van der Waals surface area (Å²) in [5.41, 5.74) is 4.05. The molecule has 2 N–H and O–H groups in total. The van der Waals surface area contributed by atoms with Crippen LogP contribution in [0, 0.1) is 0 Å². The molecule has 0 bridgehead atoms. The summed E-state index contributed by atoms with van der Waals surface area (Å²) in [4.78, 5) is 16.5. The van der Waals surface area contributed by atoms with E-state index in [-0.39, 0.29) is 6.03 Å². The van der Waals surface area contributed by atoms with Gasteiger partial charge in [0.05, 0.1) is 11.4 Å². The number of hydrogen-bond acceptors (Lipinski definition) is 4. The van der Waals surface area contributed by atoms with E-state index in [2.05, 4.69) is 20.7 Å². The Bertz CT molecular complexity index is 1030. The molecule has 2 aromatic carbocycles. The molecule has 140 valence electrons. The first-order chi connectivity index (χ1) is 13.8. The SMILES string of the molecule is O=C(NCCc1ccc(-n2cccn2)cc1)Nc1nc(-c2ccccc2)cs1. The Balaban J connectivity index is 1.25. The highest BCUT2D eigenvalue weighted by Gasteiger charge is 2.07. The van der Waals surface area contributed by atoms with Crippen molar-refractivity contribution in [2.45, 2.75) is 6.42 Å². The second-order valence-electron chi connectivity index (χ2n) is 6.15. The summed E-state index contributed by atoms with van der Waals surface area (Å²) in [5, 5.41) is 12.4. The standard InChI is InChI=1S/C21H19N5OS/c27-20(25-21-24-19(15-28-21)17-5-2-1-3-6-17)22-13-11-16-7-9-18(10-8-16)26-14-4-12-23-26/h1-10,12,14-15H,11,13H2,(H2,22,24,25,27). The van der Waals surface area contributed by atoms with Crippen LogP contribution in [0.25, 0.3) is 16.9 Å². The highest BCUT2D eigenvalue weighted by molar-refractivity contribution is 7.14. The fourth-order valence-corrected chi connectivity index (χ4v) is 3.49. The molecule has 7 heteroatoms. The lowest BCUT2D eigenvalue weighted by molar-refractivity contribution is 0.252. The molecule has 0 aliphatic rings. The monoisotopic (exact) mass is 389 g/mol. The summed E-state index contributed by atoms with van der Waals surface area (Å²) in [6, 6.07) is 19.7. The molecule has 0 radical (unpaired) electrons. The smallest absolute Gasteiger partial charge is 0.321 e. The summed E-state index contributed by atoms with van der Waals surface area (Å²) in [6.07, 6.45) is 4.41. The molecular weight excluding hydrogens is 370 g/mol. The number of rotatable bonds is 6. The molecule has 0 aliphatic carbocycles. The molecule has 0 fully saturated rings. The maximum atomic E-state index is 12.1. The van der Waals surface area contributed by atoms with Crippen molar-refractivity contribution in [2.75, 3.05) is 11.9 Å². The number of carbonyl (C=O) groups is 1. The molecule has 4 rings (SSSR count). The van der Waals surface area contributed by atoms with E-state index in [1.165, 1.54) is 11.3 Å². The lowest BCUT2D eigenvalue weighted by Crippen LogP contribution is -2.30. The summed E-state index contributed by atoms with van der Waals surface area (Å²) < 4.78 is 1.81. The number of carbonyl (C=O) groups excluding carboxylic acids is 1. The highest BCUT2D eigenvalue weighted by Crippen LogP contribution is 2.24. The number of urea groups is 1. The molecular formula is C21H19N5OS. The summed E-state index contributed by atoms with van der Waals surface area (Å²) in [5.74, 6) is 0. The minimum absolute atomic E-state index is 0.248. The summed E-state index contributed by atoms with van der Waals surface area (Å²) in [7, 11) is 0. The molecule has 0 unspecified atom stereocenters. The molecule has 6 nitrogen and oxygen atoms in total. The molecule has 0 atom stereocenters. The van der Waals surface area contributed by atoms with Crippen LogP contribution in [0.1, 0.15) is 5.56 Å². The topological polar surface area (TPSA) is 71.8 Å². The normalized spacial score (nSPS) is 10.6. The summed E-state index contributed by atoms with van der Waals surface area (Å²) in [6.45, 7) is 0.546. The van der Waals surface area contributed by atoms with Crippen molar-refractivity contribution >= 4 is 22.5 Å². The van der Waals surface area contributed by atoms with Gasteiger partial charge in [-0.1, -0.05) is 42.5 Å². The second kappa shape index (κ2) is 8.49. The van der Waals surface area contributed by atoms with Gasteiger partial charge < -0.3 is 5.32 Å². The van der Waals surface area contributed by atoms with Crippen molar-refractivity contribution in [2.24, 2.45) is 0 Å². The van der Waals surface area contributed by atoms with E-state index in [1.807, 2.05) is 76.9 Å². The molecule has 2 amide bonds. The van der Waals surface area contributed by atoms with E-state index in [0.717, 1.165) is 28.9 Å². The van der Waals surface area contributed by atoms with Gasteiger partial charge in [0, 0.05) is 29.9 Å². The Morgan fingerprint density at radius 3 is 2.61 bits per heavy atom. The average molecular weight is 389 g/mol. The predicted molar refractivity (Wildman–Crippen MR) is 112 cm³/mol. The second-order valence-corrected chi connectivity index (χ2v) is 7.01. The number of amides is 2. The highest BCUT2D eigenvalue weighted by atomic mass is 32.1. The number of nitrogens with zero attached hydrogens (tertiary/aromatic N) is 3. The number of anilines is 1. The van der Waals surface area contributed by atoms with Crippen LogP contribution in [0.2, 0.25) is 0 Å². The van der Waals surface area contributed by atoms with Gasteiger partial charge in [0.25, 0.3) is 0 Å². The van der Waals surface area contributed by atoms with Crippen LogP contribution in [0.3, 0.4) is 0 Å². The molecule has 0 aliphatic heterocycles. The van der Waals surface area contributed by atoms with Gasteiger partial charge in [0.15, 0.2) is 5.13 Å². The molecule has 4 aromatic rings. The van der Waals surface area contributed by atoms with Crippen molar-refractivity contribution in [1.29, 1.82) is 0 Å². The lowest BCUT2D eigenvalue weighted by atomic mass is 10.1. The van der Waals surface area contributed by atoms with Crippen LogP contribution in [-0.4, -0.2) is 27.3 Å². The Morgan fingerprint density at radius 2 is 1.86 bits per heavy atom. The van der Waals surface area contributed by atoms with E-state index in [0.29, 0.717) is 11.7 Å². The van der Waals surface area contributed by atoms with E-state index >= 15 is 0 Å². The van der Waals surface area contributed by atoms with Crippen LogP contribution < -0.4 is 10.6 Å². The van der Waals surface area contributed by atoms with Gasteiger partial charge >= 0.3 is 6.03 Å². The third-order valence-electron chi connectivity index (χ3n) is 4.20. The van der Waals surface area contributed by atoms with Crippen molar-refractivity contribution in [3.63, 3.8) is 0 Å². The lowest BCUT2D eigenvalue weighted by Gasteiger charge is -2.07. The minimum atomic E-state index is -0.248. The largest absolute Gasteiger partial charge is 0.337 e. The van der Waals surface area contributed by atoms with E-state index in [1.54, 1.807) is 6.20 Å². The first-order valence-corrected chi connectivity index (χ1v) is 9.81. The maximum Gasteiger partial charge on any atom is 0.321 e. The van der Waals surface area contributed by atoms with Crippen molar-refractivity contribution in [3.8, 4) is 16.9 Å². The van der Waals surface area contributed by atoms with Gasteiger partial charge in [-0.25, -0.2) is 14.5 Å². The third-order valence-corrected chi connectivity index (χ3v) is 4.96. The van der Waals surface area contributed by atoms with Crippen LogP contribution in [-0.2, 0) is 6.42 Å². The fourth-order valence-electron chi connectivity index (χ4n) is 2.77. The van der Waals surface area contributed by atoms with Crippen molar-refractivity contribution in [1.82, 2.24) is 20.1 Å². The number of hydrogen-bond donors (Lipinski definition) is 2. The molecule has 0 saturated carbocycles. The van der Waals surface area contributed by atoms with E-state index in [9.17, 15) is 4.79 Å². The molecule has 2 aromatic heterocycles. The van der Waals surface area contributed by atoms with Gasteiger partial charge in [-0.05, 0) is 30.2 Å². The third kappa shape index (κ3) is 4.44. The maximum absolute atomic E-state index is 12.1. The average Bonchev–Trinajstić information content (AvgIpc) is 3.42. The number of thiazole rings is 1. The van der Waals surface area contributed by atoms with Crippen LogP contribution >= 0.6 is 11.3 Å². The van der Waals surface area contributed by atoms with Crippen LogP contribution in [0.15, 0.2) is 78.4 Å². The zero-order chi connectivity index (χ0) is 19.2. The van der Waals surface area contributed by atoms with Gasteiger partial charge in [0.1, 0.15) is 0 Å². The van der Waals surface area contributed by atoms with Crippen molar-refractivity contribution < 1.29 is 4.79 Å². The van der Waals surface area contributed by atoms with Gasteiger partial charge in [0.2, 0.25) is 0 Å². The zero-order valence-corrected chi connectivity index (χ0v) is 15.9. The van der Waals surface area contributed by atoms with Crippen molar-refractivity contribution in [3.05, 3.63) is 84.0 Å².